The lowest BCUT2D eigenvalue weighted by Gasteiger charge is -2.14. The van der Waals surface area contributed by atoms with Crippen LogP contribution in [-0.2, 0) is 0 Å². The first-order valence-corrected chi connectivity index (χ1v) is 3.02. The predicted molar refractivity (Wildman–Crippen MR) is 30.8 cm³/mol. The third kappa shape index (κ3) is 3.10. The molecule has 0 aromatic rings. The maximum absolute atomic E-state index is 11.8. The average Bonchev–Trinajstić information content (AvgIpc) is 1.49. The number of allylic oxidation sites excluding steroid dienone is 1. The highest BCUT2D eigenvalue weighted by Crippen LogP contribution is 2.43. The maximum Gasteiger partial charge on any atom is 0.423 e. The minimum absolute atomic E-state index is 2.57. The van der Waals surface area contributed by atoms with Gasteiger partial charge in [-0.25, -0.2) is 0 Å². The van der Waals surface area contributed by atoms with Crippen molar-refractivity contribution in [3.63, 3.8) is 0 Å². The highest BCUT2D eigenvalue weighted by molar-refractivity contribution is 6.30. The van der Waals surface area contributed by atoms with Gasteiger partial charge in [-0.3, -0.25) is 0 Å². The molecule has 0 aliphatic rings. The fraction of sp³-hybridized carbons (Fsp3) is 0.500. The first kappa shape index (κ1) is 11.9. The summed E-state index contributed by atoms with van der Waals surface area (Å²) >= 11 is 8.08. The number of rotatable bonds is 1. The van der Waals surface area contributed by atoms with Gasteiger partial charge in [0, 0.05) is 0 Å². The Morgan fingerprint density at radius 1 is 1.00 bits per heavy atom. The monoisotopic (exact) mass is 232 g/mol. The average molecular weight is 233 g/mol. The molecule has 0 nitrogen and oxygen atoms in total. The van der Waals surface area contributed by atoms with Crippen LogP contribution in [0.2, 0.25) is 0 Å². The van der Waals surface area contributed by atoms with Gasteiger partial charge < -0.3 is 0 Å². The van der Waals surface area contributed by atoms with Crippen LogP contribution in [0.4, 0.5) is 26.3 Å². The maximum atomic E-state index is 11.8. The van der Waals surface area contributed by atoms with Crippen LogP contribution >= 0.6 is 23.2 Å². The van der Waals surface area contributed by atoms with Crippen LogP contribution in [0.25, 0.3) is 0 Å². The third-order valence-corrected chi connectivity index (χ3v) is 1.13. The fourth-order valence-electron chi connectivity index (χ4n) is 0.375. The van der Waals surface area contributed by atoms with Crippen LogP contribution in [-0.4, -0.2) is 11.6 Å². The summed E-state index contributed by atoms with van der Waals surface area (Å²) in [5.41, 5.74) is -2.89. The van der Waals surface area contributed by atoms with E-state index in [0.717, 1.165) is 0 Å². The van der Waals surface area contributed by atoms with E-state index in [1.807, 2.05) is 0 Å². The second-order valence-electron chi connectivity index (χ2n) is 1.63. The first-order valence-electron chi connectivity index (χ1n) is 2.26. The van der Waals surface area contributed by atoms with Crippen molar-refractivity contribution in [3.05, 3.63) is 10.9 Å². The number of hydrogen-bond acceptors (Lipinski definition) is 0. The molecule has 0 bridgehead atoms. The molecular formula is C4Cl2F6. The topological polar surface area (TPSA) is 0 Å². The Morgan fingerprint density at radius 3 is 1.33 bits per heavy atom. The molecule has 0 heterocycles. The van der Waals surface area contributed by atoms with E-state index in [0.29, 0.717) is 0 Å². The quantitative estimate of drug-likeness (QED) is 0.477. The molecule has 0 atom stereocenters. The molecule has 0 saturated carbocycles. The molecule has 0 unspecified atom stereocenters. The van der Waals surface area contributed by atoms with Crippen LogP contribution in [0.15, 0.2) is 10.9 Å². The van der Waals surface area contributed by atoms with Crippen molar-refractivity contribution in [2.45, 2.75) is 11.6 Å². The van der Waals surface area contributed by atoms with Gasteiger partial charge in [0.15, 0.2) is 5.57 Å². The lowest BCUT2D eigenvalue weighted by Crippen LogP contribution is -2.25. The van der Waals surface area contributed by atoms with Crippen molar-refractivity contribution < 1.29 is 26.3 Å². The lowest BCUT2D eigenvalue weighted by molar-refractivity contribution is -0.116. The summed E-state index contributed by atoms with van der Waals surface area (Å²) in [5.74, 6) is 0. The van der Waals surface area contributed by atoms with Crippen molar-refractivity contribution in [2.75, 3.05) is 0 Å². The molecule has 12 heavy (non-hydrogen) atoms. The molecule has 0 spiro atoms. The van der Waals surface area contributed by atoms with E-state index in [2.05, 4.69) is 23.2 Å². The van der Waals surface area contributed by atoms with Gasteiger partial charge in [-0.15, -0.1) is 0 Å². The highest BCUT2D eigenvalue weighted by Gasteiger charge is 2.51. The molecule has 0 amide bonds. The first-order chi connectivity index (χ1) is 5.07. The largest absolute Gasteiger partial charge is 0.423 e. The normalized spacial score (nSPS) is 16.0. The van der Waals surface area contributed by atoms with E-state index in [9.17, 15) is 26.3 Å². The molecule has 8 heteroatoms. The summed E-state index contributed by atoms with van der Waals surface area (Å²) in [6.07, 6.45) is -5.59. The lowest BCUT2D eigenvalue weighted by atomic mass is 10.3. The Balaban J connectivity index is 5.13. The predicted octanol–water partition coefficient (Wildman–Crippen LogP) is 3.80. The molecule has 0 N–H and O–H groups in total. The molecular weight excluding hydrogens is 233 g/mol. The second kappa shape index (κ2) is 3.33. The molecule has 72 valence electrons. The van der Waals surface area contributed by atoms with Gasteiger partial charge in [0.05, 0.1) is 0 Å². The van der Waals surface area contributed by atoms with E-state index < -0.39 is 22.4 Å². The zero-order valence-corrected chi connectivity index (χ0v) is 6.54. The van der Waals surface area contributed by atoms with Gasteiger partial charge in [-0.05, 0) is 11.6 Å². The third-order valence-electron chi connectivity index (χ3n) is 0.756. The summed E-state index contributed by atoms with van der Waals surface area (Å²) in [6, 6.07) is 0. The minimum Gasteiger partial charge on any atom is -0.193 e. The molecule has 0 fully saturated rings. The summed E-state index contributed by atoms with van der Waals surface area (Å²) in [6.45, 7) is 0. The Kier molecular flexibility index (Phi) is 3.31. The van der Waals surface area contributed by atoms with Crippen molar-refractivity contribution in [2.24, 2.45) is 0 Å². The molecule has 0 aliphatic heterocycles. The van der Waals surface area contributed by atoms with Gasteiger partial charge in [0.25, 0.3) is 0 Å². The van der Waals surface area contributed by atoms with Crippen LogP contribution in [0, 0.1) is 0 Å². The smallest absolute Gasteiger partial charge is 0.193 e. The van der Waals surface area contributed by atoms with Crippen LogP contribution < -0.4 is 0 Å². The SMILES string of the molecule is F/C(Cl)=C(\C(F)(F)F)C(F)(F)Cl. The summed E-state index contributed by atoms with van der Waals surface area (Å²) in [5, 5.41) is -7.42. The van der Waals surface area contributed by atoms with E-state index in [4.69, 9.17) is 0 Å². The Hall–Kier alpha value is -0.100. The number of halogens is 8. The zero-order valence-electron chi connectivity index (χ0n) is 5.02. The molecule has 0 rings (SSSR count). The summed E-state index contributed by atoms with van der Waals surface area (Å²) in [4.78, 5) is 0. The van der Waals surface area contributed by atoms with Crippen molar-refractivity contribution >= 4 is 23.2 Å². The van der Waals surface area contributed by atoms with Gasteiger partial charge in [0.2, 0.25) is 5.29 Å². The van der Waals surface area contributed by atoms with E-state index in [-0.39, 0.29) is 0 Å². The van der Waals surface area contributed by atoms with E-state index in [1.165, 1.54) is 0 Å². The fourth-order valence-corrected chi connectivity index (χ4v) is 0.839. The molecule has 0 saturated heterocycles. The molecule has 0 aromatic heterocycles. The minimum atomic E-state index is -5.59. The highest BCUT2D eigenvalue weighted by atomic mass is 35.5. The Bertz CT molecular complexity index is 179. The van der Waals surface area contributed by atoms with E-state index in [1.54, 1.807) is 0 Å². The number of alkyl halides is 6. The van der Waals surface area contributed by atoms with Crippen molar-refractivity contribution in [1.29, 1.82) is 0 Å². The molecule has 0 radical (unpaired) electrons. The Morgan fingerprint density at radius 2 is 1.33 bits per heavy atom. The molecule has 0 aliphatic carbocycles. The van der Waals surface area contributed by atoms with Crippen molar-refractivity contribution in [3.8, 4) is 0 Å². The van der Waals surface area contributed by atoms with Crippen LogP contribution in [0.1, 0.15) is 0 Å². The second-order valence-corrected chi connectivity index (χ2v) is 2.44. The molecule has 0 aromatic carbocycles. The van der Waals surface area contributed by atoms with Gasteiger partial charge in [-0.1, -0.05) is 11.6 Å². The summed E-state index contributed by atoms with van der Waals surface area (Å²) in [7, 11) is 0. The van der Waals surface area contributed by atoms with Gasteiger partial charge >= 0.3 is 11.6 Å². The zero-order chi connectivity index (χ0) is 10.2. The van der Waals surface area contributed by atoms with Crippen molar-refractivity contribution in [1.82, 2.24) is 0 Å². The Labute approximate surface area is 72.7 Å². The summed E-state index contributed by atoms with van der Waals surface area (Å²) < 4.78 is 69.9. The van der Waals surface area contributed by atoms with E-state index >= 15 is 0 Å². The van der Waals surface area contributed by atoms with Gasteiger partial charge in [-0.2, -0.15) is 26.3 Å². The number of hydrogen-bond donors (Lipinski definition) is 0. The van der Waals surface area contributed by atoms with Gasteiger partial charge in [0.1, 0.15) is 0 Å². The van der Waals surface area contributed by atoms with Crippen LogP contribution in [0.5, 0.6) is 0 Å². The van der Waals surface area contributed by atoms with Crippen LogP contribution in [0.3, 0.4) is 0 Å². The standard InChI is InChI=1S/C4Cl2F6/c5-2(7)1(3(6,8)9)4(10,11)12/b2-1-.